The summed E-state index contributed by atoms with van der Waals surface area (Å²) < 4.78 is 0. The molecule has 2 aromatic carbocycles. The van der Waals surface area contributed by atoms with E-state index in [4.69, 9.17) is 11.6 Å². The molecule has 0 spiro atoms. The van der Waals surface area contributed by atoms with E-state index in [1.165, 1.54) is 11.1 Å². The molecule has 1 N–H and O–H groups in total. The normalized spacial score (nSPS) is 11.1. The van der Waals surface area contributed by atoms with E-state index in [9.17, 15) is 0 Å². The molecule has 0 fully saturated rings. The van der Waals surface area contributed by atoms with Crippen molar-refractivity contribution in [2.75, 3.05) is 18.4 Å². The van der Waals surface area contributed by atoms with E-state index >= 15 is 0 Å². The number of fused-ring (bicyclic) bond motifs is 1. The van der Waals surface area contributed by atoms with Gasteiger partial charge >= 0.3 is 0 Å². The first kappa shape index (κ1) is 20.3. The fraction of sp³-hybridized carbons (Fsp3) is 0.200. The second-order valence-corrected chi connectivity index (χ2v) is 7.79. The number of rotatable bonds is 9. The fourth-order valence-electron chi connectivity index (χ4n) is 3.60. The van der Waals surface area contributed by atoms with Crippen molar-refractivity contribution in [1.82, 2.24) is 14.9 Å². The predicted molar refractivity (Wildman–Crippen MR) is 125 cm³/mol. The van der Waals surface area contributed by atoms with Gasteiger partial charge in [-0.3, -0.25) is 14.9 Å². The van der Waals surface area contributed by atoms with E-state index in [1.54, 1.807) is 0 Å². The Balaban J connectivity index is 1.37. The van der Waals surface area contributed by atoms with Crippen LogP contribution in [-0.2, 0) is 13.1 Å². The first-order valence-corrected chi connectivity index (χ1v) is 10.6. The number of hydrogen-bond donors (Lipinski definition) is 1. The van der Waals surface area contributed by atoms with Gasteiger partial charge in [0.1, 0.15) is 0 Å². The summed E-state index contributed by atoms with van der Waals surface area (Å²) in [5.41, 5.74) is 4.62. The number of halogens is 1. The molecule has 0 aliphatic heterocycles. The number of nitrogens with one attached hydrogen (secondary N) is 1. The van der Waals surface area contributed by atoms with Crippen molar-refractivity contribution >= 4 is 28.2 Å². The first-order valence-electron chi connectivity index (χ1n) is 10.2. The van der Waals surface area contributed by atoms with Gasteiger partial charge in [-0.15, -0.1) is 0 Å². The van der Waals surface area contributed by atoms with Crippen LogP contribution in [-0.4, -0.2) is 28.0 Å². The van der Waals surface area contributed by atoms with Crippen LogP contribution in [0.25, 0.3) is 10.9 Å². The molecule has 0 radical (unpaired) electrons. The molecule has 152 valence electrons. The van der Waals surface area contributed by atoms with Crippen molar-refractivity contribution in [2.45, 2.75) is 19.5 Å². The second-order valence-electron chi connectivity index (χ2n) is 7.35. The lowest BCUT2D eigenvalue weighted by atomic mass is 10.1. The molecule has 0 saturated carbocycles. The standard InChI is InChI=1S/C25H25ClN4/c26-22-7-8-23-24(11-15-29-25(23)17-22)28-12-4-16-30(18-20-5-2-1-3-6-20)19-21-9-13-27-14-10-21/h1-3,5-11,13-15,17H,4,12,16,18-19H2,(H,28,29). The van der Waals surface area contributed by atoms with Crippen LogP contribution in [0, 0.1) is 0 Å². The number of nitrogens with zero attached hydrogens (tertiary/aromatic N) is 3. The Morgan fingerprint density at radius 2 is 1.60 bits per heavy atom. The summed E-state index contributed by atoms with van der Waals surface area (Å²) in [5, 5.41) is 5.38. The lowest BCUT2D eigenvalue weighted by molar-refractivity contribution is 0.256. The van der Waals surface area contributed by atoms with Gasteiger partial charge in [0.25, 0.3) is 0 Å². The maximum Gasteiger partial charge on any atom is 0.0737 e. The molecule has 4 nitrogen and oxygen atoms in total. The van der Waals surface area contributed by atoms with E-state index < -0.39 is 0 Å². The van der Waals surface area contributed by atoms with Gasteiger partial charge in [-0.25, -0.2) is 0 Å². The molecular weight excluding hydrogens is 392 g/mol. The molecule has 5 heteroatoms. The average Bonchev–Trinajstić information content (AvgIpc) is 2.78. The lowest BCUT2D eigenvalue weighted by Gasteiger charge is -2.23. The fourth-order valence-corrected chi connectivity index (χ4v) is 3.77. The third-order valence-electron chi connectivity index (χ3n) is 5.08. The van der Waals surface area contributed by atoms with Crippen molar-refractivity contribution in [2.24, 2.45) is 0 Å². The Morgan fingerprint density at radius 1 is 0.833 bits per heavy atom. The molecule has 2 heterocycles. The summed E-state index contributed by atoms with van der Waals surface area (Å²) in [7, 11) is 0. The van der Waals surface area contributed by atoms with Crippen molar-refractivity contribution in [3.63, 3.8) is 0 Å². The molecule has 2 aromatic heterocycles. The van der Waals surface area contributed by atoms with E-state index in [-0.39, 0.29) is 0 Å². The quantitative estimate of drug-likeness (QED) is 0.351. The Kier molecular flexibility index (Phi) is 6.91. The van der Waals surface area contributed by atoms with E-state index in [0.29, 0.717) is 5.02 Å². The molecule has 0 aliphatic carbocycles. The van der Waals surface area contributed by atoms with Crippen LogP contribution < -0.4 is 5.32 Å². The molecule has 0 saturated heterocycles. The molecule has 30 heavy (non-hydrogen) atoms. The summed E-state index contributed by atoms with van der Waals surface area (Å²) in [6, 6.07) is 22.7. The molecule has 0 unspecified atom stereocenters. The summed E-state index contributed by atoms with van der Waals surface area (Å²) >= 11 is 6.10. The number of anilines is 1. The van der Waals surface area contributed by atoms with Crippen molar-refractivity contribution in [3.05, 3.63) is 101 Å². The largest absolute Gasteiger partial charge is 0.384 e. The predicted octanol–water partition coefficient (Wildman–Crippen LogP) is 5.79. The molecule has 0 bridgehead atoms. The Morgan fingerprint density at radius 3 is 2.40 bits per heavy atom. The maximum absolute atomic E-state index is 6.10. The minimum Gasteiger partial charge on any atom is -0.384 e. The smallest absolute Gasteiger partial charge is 0.0737 e. The third kappa shape index (κ3) is 5.56. The minimum absolute atomic E-state index is 0.708. The lowest BCUT2D eigenvalue weighted by Crippen LogP contribution is -2.25. The van der Waals surface area contributed by atoms with Crippen LogP contribution >= 0.6 is 11.6 Å². The zero-order chi connectivity index (χ0) is 20.6. The number of pyridine rings is 2. The van der Waals surface area contributed by atoms with Crippen molar-refractivity contribution in [1.29, 1.82) is 0 Å². The third-order valence-corrected chi connectivity index (χ3v) is 5.31. The molecular formula is C25H25ClN4. The SMILES string of the molecule is Clc1ccc2c(NCCCN(Cc3ccccc3)Cc3ccncc3)ccnc2c1. The zero-order valence-corrected chi connectivity index (χ0v) is 17.6. The summed E-state index contributed by atoms with van der Waals surface area (Å²) in [5.74, 6) is 0. The van der Waals surface area contributed by atoms with Crippen LogP contribution in [0.15, 0.2) is 85.3 Å². The minimum atomic E-state index is 0.708. The maximum atomic E-state index is 6.10. The van der Waals surface area contributed by atoms with Gasteiger partial charge in [0.05, 0.1) is 5.52 Å². The Labute approximate surface area is 182 Å². The average molecular weight is 417 g/mol. The van der Waals surface area contributed by atoms with Gasteiger partial charge in [-0.1, -0.05) is 41.9 Å². The van der Waals surface area contributed by atoms with E-state index in [0.717, 1.165) is 49.2 Å². The topological polar surface area (TPSA) is 41.0 Å². The monoisotopic (exact) mass is 416 g/mol. The summed E-state index contributed by atoms with van der Waals surface area (Å²) in [4.78, 5) is 11.0. The highest BCUT2D eigenvalue weighted by molar-refractivity contribution is 6.31. The Hall–Kier alpha value is -2.95. The van der Waals surface area contributed by atoms with E-state index in [1.807, 2.05) is 42.9 Å². The van der Waals surface area contributed by atoms with Crippen molar-refractivity contribution in [3.8, 4) is 0 Å². The van der Waals surface area contributed by atoms with Gasteiger partial charge in [-0.2, -0.15) is 0 Å². The van der Waals surface area contributed by atoms with Gasteiger partial charge in [0, 0.05) is 60.9 Å². The summed E-state index contributed by atoms with van der Waals surface area (Å²) in [6.07, 6.45) is 6.58. The zero-order valence-electron chi connectivity index (χ0n) is 16.8. The first-order chi connectivity index (χ1) is 14.8. The highest BCUT2D eigenvalue weighted by Gasteiger charge is 2.08. The van der Waals surface area contributed by atoms with Crippen LogP contribution in [0.4, 0.5) is 5.69 Å². The van der Waals surface area contributed by atoms with Gasteiger partial charge in [0.2, 0.25) is 0 Å². The van der Waals surface area contributed by atoms with Gasteiger partial charge in [0.15, 0.2) is 0 Å². The van der Waals surface area contributed by atoms with Crippen molar-refractivity contribution < 1.29 is 0 Å². The number of hydrogen-bond acceptors (Lipinski definition) is 4. The van der Waals surface area contributed by atoms with Gasteiger partial charge in [-0.05, 0) is 53.9 Å². The highest BCUT2D eigenvalue weighted by Crippen LogP contribution is 2.24. The number of benzene rings is 2. The summed E-state index contributed by atoms with van der Waals surface area (Å²) in [6.45, 7) is 3.73. The molecule has 0 amide bonds. The molecule has 4 aromatic rings. The van der Waals surface area contributed by atoms with Crippen LogP contribution in [0.1, 0.15) is 17.5 Å². The molecule has 4 rings (SSSR count). The highest BCUT2D eigenvalue weighted by atomic mass is 35.5. The van der Waals surface area contributed by atoms with Crippen LogP contribution in [0.5, 0.6) is 0 Å². The van der Waals surface area contributed by atoms with Crippen LogP contribution in [0.3, 0.4) is 0 Å². The van der Waals surface area contributed by atoms with Crippen LogP contribution in [0.2, 0.25) is 5.02 Å². The molecule has 0 atom stereocenters. The second kappa shape index (κ2) is 10.2. The number of aromatic nitrogens is 2. The van der Waals surface area contributed by atoms with E-state index in [2.05, 4.69) is 62.6 Å². The molecule has 0 aliphatic rings. The Bertz CT molecular complexity index is 1030. The van der Waals surface area contributed by atoms with Gasteiger partial charge < -0.3 is 5.32 Å².